The lowest BCUT2D eigenvalue weighted by atomic mass is 10.0. The summed E-state index contributed by atoms with van der Waals surface area (Å²) >= 11 is 7.66. The SMILES string of the molecule is Cc1ccc(OCC2c3ccsc3CCN2C(=O)CN(CC2CC2)S(=O)(=O)c2ccc(Cl)cc2)cc1. The van der Waals surface area contributed by atoms with Gasteiger partial charge in [0.25, 0.3) is 0 Å². The van der Waals surface area contributed by atoms with E-state index in [0.717, 1.165) is 36.1 Å². The van der Waals surface area contributed by atoms with Crippen LogP contribution in [0.3, 0.4) is 0 Å². The average molecular weight is 545 g/mol. The summed E-state index contributed by atoms with van der Waals surface area (Å²) in [6.07, 6.45) is 2.72. The Morgan fingerprint density at radius 3 is 2.53 bits per heavy atom. The number of thiophene rings is 1. The lowest BCUT2D eigenvalue weighted by Gasteiger charge is -2.37. The fraction of sp³-hybridized carbons (Fsp3) is 0.370. The number of hydrogen-bond acceptors (Lipinski definition) is 5. The van der Waals surface area contributed by atoms with Crippen LogP contribution in [0.15, 0.2) is 64.9 Å². The maximum atomic E-state index is 13.7. The van der Waals surface area contributed by atoms with Gasteiger partial charge in [-0.2, -0.15) is 4.31 Å². The highest BCUT2D eigenvalue weighted by Gasteiger charge is 2.37. The van der Waals surface area contributed by atoms with Crippen molar-refractivity contribution < 1.29 is 17.9 Å². The topological polar surface area (TPSA) is 66.9 Å². The van der Waals surface area contributed by atoms with Gasteiger partial charge in [-0.25, -0.2) is 8.42 Å². The number of halogens is 1. The van der Waals surface area contributed by atoms with E-state index < -0.39 is 10.0 Å². The van der Waals surface area contributed by atoms with Gasteiger partial charge in [0.05, 0.1) is 17.5 Å². The molecule has 1 aromatic heterocycles. The number of hydrogen-bond donors (Lipinski definition) is 0. The van der Waals surface area contributed by atoms with Crippen LogP contribution in [-0.4, -0.2) is 49.8 Å². The van der Waals surface area contributed by atoms with E-state index in [2.05, 4.69) is 6.07 Å². The van der Waals surface area contributed by atoms with Crippen LogP contribution in [0.25, 0.3) is 0 Å². The van der Waals surface area contributed by atoms with E-state index in [-0.39, 0.29) is 23.4 Å². The number of rotatable bonds is 9. The molecular formula is C27H29ClN2O4S2. The van der Waals surface area contributed by atoms with Crippen LogP contribution in [0.1, 0.15) is 34.9 Å². The summed E-state index contributed by atoms with van der Waals surface area (Å²) in [7, 11) is -3.84. The number of carbonyl (C=O) groups excluding carboxylic acids is 1. The lowest BCUT2D eigenvalue weighted by molar-refractivity contribution is -0.135. The van der Waals surface area contributed by atoms with E-state index in [4.69, 9.17) is 16.3 Å². The molecule has 0 saturated heterocycles. The Balaban J connectivity index is 1.37. The number of amides is 1. The van der Waals surface area contributed by atoms with Crippen LogP contribution >= 0.6 is 22.9 Å². The summed E-state index contributed by atoms with van der Waals surface area (Å²) in [6, 6.07) is 15.7. The maximum Gasteiger partial charge on any atom is 0.243 e. The number of carbonyl (C=O) groups is 1. The van der Waals surface area contributed by atoms with E-state index >= 15 is 0 Å². The Bertz CT molecular complexity index is 1320. The molecule has 6 nitrogen and oxygen atoms in total. The summed E-state index contributed by atoms with van der Waals surface area (Å²) in [4.78, 5) is 16.9. The molecule has 1 saturated carbocycles. The second-order valence-electron chi connectivity index (χ2n) is 9.47. The minimum absolute atomic E-state index is 0.151. The largest absolute Gasteiger partial charge is 0.491 e. The third-order valence-corrected chi connectivity index (χ3v) is 9.84. The van der Waals surface area contributed by atoms with Gasteiger partial charge in [-0.3, -0.25) is 4.79 Å². The van der Waals surface area contributed by atoms with E-state index in [9.17, 15) is 13.2 Å². The smallest absolute Gasteiger partial charge is 0.243 e. The van der Waals surface area contributed by atoms with E-state index in [1.165, 1.54) is 21.3 Å². The van der Waals surface area contributed by atoms with Gasteiger partial charge in [0, 0.05) is 23.0 Å². The highest BCUT2D eigenvalue weighted by Crippen LogP contribution is 2.35. The van der Waals surface area contributed by atoms with Crippen molar-refractivity contribution in [3.8, 4) is 5.75 Å². The second-order valence-corrected chi connectivity index (χ2v) is 12.8. The molecule has 0 radical (unpaired) electrons. The molecule has 1 fully saturated rings. The van der Waals surface area contributed by atoms with Gasteiger partial charge in [-0.15, -0.1) is 11.3 Å². The first kappa shape index (κ1) is 25.3. The Labute approximate surface area is 221 Å². The molecule has 1 unspecified atom stereocenters. The summed E-state index contributed by atoms with van der Waals surface area (Å²) in [5, 5.41) is 2.51. The van der Waals surface area contributed by atoms with Crippen LogP contribution in [0.2, 0.25) is 5.02 Å². The first-order valence-corrected chi connectivity index (χ1v) is 14.8. The van der Waals surface area contributed by atoms with Crippen molar-refractivity contribution in [2.75, 3.05) is 26.2 Å². The molecule has 0 bridgehead atoms. The summed E-state index contributed by atoms with van der Waals surface area (Å²) in [5.74, 6) is 0.837. The van der Waals surface area contributed by atoms with Crippen molar-refractivity contribution in [3.05, 3.63) is 81.0 Å². The zero-order valence-corrected chi connectivity index (χ0v) is 22.5. The highest BCUT2D eigenvalue weighted by atomic mass is 35.5. The van der Waals surface area contributed by atoms with Crippen LogP contribution in [0, 0.1) is 12.8 Å². The molecule has 36 heavy (non-hydrogen) atoms. The van der Waals surface area contributed by atoms with Crippen LogP contribution < -0.4 is 4.74 Å². The Kier molecular flexibility index (Phi) is 7.40. The molecule has 1 atom stereocenters. The van der Waals surface area contributed by atoms with Crippen molar-refractivity contribution >= 4 is 38.9 Å². The number of sulfonamides is 1. The van der Waals surface area contributed by atoms with Crippen molar-refractivity contribution in [2.24, 2.45) is 5.92 Å². The lowest BCUT2D eigenvalue weighted by Crippen LogP contribution is -2.48. The van der Waals surface area contributed by atoms with E-state index in [0.29, 0.717) is 30.6 Å². The maximum absolute atomic E-state index is 13.7. The third kappa shape index (κ3) is 5.62. The molecule has 9 heteroatoms. The van der Waals surface area contributed by atoms with Gasteiger partial charge < -0.3 is 9.64 Å². The quantitative estimate of drug-likeness (QED) is 0.366. The summed E-state index contributed by atoms with van der Waals surface area (Å²) < 4.78 is 34.4. The predicted octanol–water partition coefficient (Wildman–Crippen LogP) is 5.32. The molecule has 2 aromatic carbocycles. The monoisotopic (exact) mass is 544 g/mol. The second kappa shape index (κ2) is 10.5. The van der Waals surface area contributed by atoms with Crippen LogP contribution in [-0.2, 0) is 21.2 Å². The van der Waals surface area contributed by atoms with E-state index in [1.807, 2.05) is 36.6 Å². The fourth-order valence-electron chi connectivity index (χ4n) is 4.52. The number of fused-ring (bicyclic) bond motifs is 1. The minimum atomic E-state index is -3.84. The van der Waals surface area contributed by atoms with Crippen molar-refractivity contribution in [2.45, 2.75) is 37.1 Å². The molecule has 1 aliphatic heterocycles. The summed E-state index contributed by atoms with van der Waals surface area (Å²) in [5.41, 5.74) is 2.23. The molecule has 0 spiro atoms. The molecule has 1 amide bonds. The Morgan fingerprint density at radius 2 is 1.83 bits per heavy atom. The predicted molar refractivity (Wildman–Crippen MR) is 142 cm³/mol. The normalized spacial score (nSPS) is 17.8. The first-order chi connectivity index (χ1) is 17.3. The molecule has 2 aliphatic rings. The van der Waals surface area contributed by atoms with Crippen LogP contribution in [0.4, 0.5) is 0 Å². The molecule has 1 aliphatic carbocycles. The molecule has 2 heterocycles. The fourth-order valence-corrected chi connectivity index (χ4v) is 7.04. The Hall–Kier alpha value is -2.39. The number of nitrogens with zero attached hydrogens (tertiary/aromatic N) is 2. The molecule has 5 rings (SSSR count). The van der Waals surface area contributed by atoms with Gasteiger partial charge in [-0.1, -0.05) is 29.3 Å². The Morgan fingerprint density at radius 1 is 1.11 bits per heavy atom. The van der Waals surface area contributed by atoms with Gasteiger partial charge >= 0.3 is 0 Å². The number of benzene rings is 2. The van der Waals surface area contributed by atoms with E-state index in [1.54, 1.807) is 28.4 Å². The van der Waals surface area contributed by atoms with Gasteiger partial charge in [-0.05, 0) is 85.5 Å². The highest BCUT2D eigenvalue weighted by molar-refractivity contribution is 7.89. The van der Waals surface area contributed by atoms with Crippen molar-refractivity contribution in [1.82, 2.24) is 9.21 Å². The average Bonchev–Trinajstić information content (AvgIpc) is 3.55. The zero-order valence-electron chi connectivity index (χ0n) is 20.1. The number of aryl methyl sites for hydroxylation is 1. The van der Waals surface area contributed by atoms with Gasteiger partial charge in [0.1, 0.15) is 12.4 Å². The zero-order chi connectivity index (χ0) is 25.3. The molecule has 3 aromatic rings. The minimum Gasteiger partial charge on any atom is -0.491 e. The third-order valence-electron chi connectivity index (χ3n) is 6.77. The molecule has 0 N–H and O–H groups in total. The summed E-state index contributed by atoms with van der Waals surface area (Å²) in [6.45, 7) is 3.02. The van der Waals surface area contributed by atoms with Crippen molar-refractivity contribution in [1.29, 1.82) is 0 Å². The van der Waals surface area contributed by atoms with Gasteiger partial charge in [0.2, 0.25) is 15.9 Å². The van der Waals surface area contributed by atoms with Crippen LogP contribution in [0.5, 0.6) is 5.75 Å². The first-order valence-electron chi connectivity index (χ1n) is 12.1. The van der Waals surface area contributed by atoms with Crippen molar-refractivity contribution in [3.63, 3.8) is 0 Å². The standard InChI is InChI=1S/C27H29ClN2O4S2/c1-19-2-8-22(9-3-19)34-18-25-24-13-15-35-26(24)12-14-30(25)27(31)17-29(16-20-4-5-20)36(32,33)23-10-6-21(28)7-11-23/h2-3,6-11,13,15,20,25H,4-5,12,14,16-18H2,1H3. The van der Waals surface area contributed by atoms with Gasteiger partial charge in [0.15, 0.2) is 0 Å². The molecular weight excluding hydrogens is 516 g/mol. The molecule has 190 valence electrons. The number of ether oxygens (including phenoxy) is 1.